The average molecular weight is 395 g/mol. The summed E-state index contributed by atoms with van der Waals surface area (Å²) in [6.07, 6.45) is -0.664. The summed E-state index contributed by atoms with van der Waals surface area (Å²) in [6.45, 7) is 1.45. The number of hydrogen-bond donors (Lipinski definition) is 2. The number of fused-ring (bicyclic) bond motifs is 1. The molecule has 0 fully saturated rings. The van der Waals surface area contributed by atoms with Crippen LogP contribution in [0, 0.1) is 11.3 Å². The zero-order valence-corrected chi connectivity index (χ0v) is 15.8. The lowest BCUT2D eigenvalue weighted by atomic mass is 10.2. The third kappa shape index (κ3) is 4.50. The zero-order chi connectivity index (χ0) is 20.1. The second-order valence-electron chi connectivity index (χ2n) is 6.05. The van der Waals surface area contributed by atoms with Crippen molar-refractivity contribution in [1.29, 1.82) is 5.26 Å². The van der Waals surface area contributed by atoms with Crippen molar-refractivity contribution in [2.75, 3.05) is 16.4 Å². The number of nitrogens with zero attached hydrogens (tertiary/aromatic N) is 1. The molecule has 2 N–H and O–H groups in total. The SMILES string of the molecule is C[C@@H](OC(=O)c1ccc2c(c1)NC(=O)CCS2)C(=O)Nc1ccccc1C#N. The number of para-hydroxylation sites is 1. The van der Waals surface area contributed by atoms with Gasteiger partial charge in [-0.1, -0.05) is 12.1 Å². The van der Waals surface area contributed by atoms with E-state index >= 15 is 0 Å². The Balaban J connectivity index is 1.68. The van der Waals surface area contributed by atoms with Crippen LogP contribution in [0.15, 0.2) is 47.4 Å². The van der Waals surface area contributed by atoms with E-state index < -0.39 is 18.0 Å². The van der Waals surface area contributed by atoms with Crippen LogP contribution < -0.4 is 10.6 Å². The predicted octanol–water partition coefficient (Wildman–Crippen LogP) is 3.18. The highest BCUT2D eigenvalue weighted by Crippen LogP contribution is 2.31. The molecule has 0 aromatic heterocycles. The lowest BCUT2D eigenvalue weighted by Gasteiger charge is -2.15. The topological polar surface area (TPSA) is 108 Å². The summed E-state index contributed by atoms with van der Waals surface area (Å²) in [6, 6.07) is 13.4. The second-order valence-corrected chi connectivity index (χ2v) is 7.19. The third-order valence-electron chi connectivity index (χ3n) is 4.03. The number of esters is 1. The summed E-state index contributed by atoms with van der Waals surface area (Å²) < 4.78 is 5.24. The van der Waals surface area contributed by atoms with E-state index in [9.17, 15) is 14.4 Å². The highest BCUT2D eigenvalue weighted by molar-refractivity contribution is 7.99. The summed E-state index contributed by atoms with van der Waals surface area (Å²) in [5.41, 5.74) is 1.46. The standard InChI is InChI=1S/C20H17N3O4S/c1-12(19(25)23-15-5-3-2-4-14(15)11-21)27-20(26)13-6-7-17-16(10-13)22-18(24)8-9-28-17/h2-7,10,12H,8-9H2,1H3,(H,22,24)(H,23,25)/t12-/m1/s1. The molecule has 1 atom stereocenters. The van der Waals surface area contributed by atoms with Gasteiger partial charge in [-0.05, 0) is 37.3 Å². The van der Waals surface area contributed by atoms with Gasteiger partial charge in [-0.2, -0.15) is 5.26 Å². The molecular weight excluding hydrogens is 378 g/mol. The highest BCUT2D eigenvalue weighted by atomic mass is 32.2. The van der Waals surface area contributed by atoms with Crippen molar-refractivity contribution in [1.82, 2.24) is 0 Å². The molecule has 1 heterocycles. The molecule has 0 saturated heterocycles. The minimum Gasteiger partial charge on any atom is -0.449 e. The van der Waals surface area contributed by atoms with Crippen LogP contribution in [-0.2, 0) is 14.3 Å². The van der Waals surface area contributed by atoms with Crippen LogP contribution in [0.2, 0.25) is 0 Å². The maximum atomic E-state index is 12.4. The monoisotopic (exact) mass is 395 g/mol. The minimum absolute atomic E-state index is 0.110. The molecular formula is C20H17N3O4S. The van der Waals surface area contributed by atoms with Gasteiger partial charge in [0, 0.05) is 17.1 Å². The van der Waals surface area contributed by atoms with Crippen molar-refractivity contribution in [3.8, 4) is 6.07 Å². The number of thioether (sulfide) groups is 1. The van der Waals surface area contributed by atoms with Gasteiger partial charge in [0.2, 0.25) is 5.91 Å². The van der Waals surface area contributed by atoms with Gasteiger partial charge in [-0.15, -0.1) is 11.8 Å². The Morgan fingerprint density at radius 1 is 1.29 bits per heavy atom. The first-order chi connectivity index (χ1) is 13.5. The molecule has 0 aliphatic carbocycles. The Kier molecular flexibility index (Phi) is 5.96. The number of anilines is 2. The summed E-state index contributed by atoms with van der Waals surface area (Å²) in [4.78, 5) is 37.3. The predicted molar refractivity (Wildman–Crippen MR) is 105 cm³/mol. The van der Waals surface area contributed by atoms with E-state index in [1.54, 1.807) is 42.5 Å². The fraction of sp³-hybridized carbons (Fsp3) is 0.200. The second kappa shape index (κ2) is 8.59. The van der Waals surface area contributed by atoms with Crippen molar-refractivity contribution in [2.24, 2.45) is 0 Å². The van der Waals surface area contributed by atoms with Gasteiger partial charge in [0.15, 0.2) is 6.10 Å². The van der Waals surface area contributed by atoms with E-state index in [2.05, 4.69) is 10.6 Å². The average Bonchev–Trinajstić information content (AvgIpc) is 2.88. The summed E-state index contributed by atoms with van der Waals surface area (Å²) in [5.74, 6) is -0.665. The minimum atomic E-state index is -1.07. The number of hydrogen-bond acceptors (Lipinski definition) is 6. The molecule has 0 bridgehead atoms. The molecule has 28 heavy (non-hydrogen) atoms. The van der Waals surface area contributed by atoms with Gasteiger partial charge < -0.3 is 15.4 Å². The van der Waals surface area contributed by atoms with Crippen molar-refractivity contribution in [3.05, 3.63) is 53.6 Å². The van der Waals surface area contributed by atoms with Gasteiger partial charge in [0.1, 0.15) is 6.07 Å². The van der Waals surface area contributed by atoms with Gasteiger partial charge in [0.05, 0.1) is 22.5 Å². The number of amides is 2. The van der Waals surface area contributed by atoms with Gasteiger partial charge in [-0.3, -0.25) is 9.59 Å². The van der Waals surface area contributed by atoms with Crippen LogP contribution in [-0.4, -0.2) is 29.6 Å². The van der Waals surface area contributed by atoms with Gasteiger partial charge in [-0.25, -0.2) is 4.79 Å². The number of carbonyl (C=O) groups is 3. The van der Waals surface area contributed by atoms with Crippen LogP contribution in [0.1, 0.15) is 29.3 Å². The number of carbonyl (C=O) groups excluding carboxylic acids is 3. The van der Waals surface area contributed by atoms with Crippen LogP contribution in [0.5, 0.6) is 0 Å². The number of benzene rings is 2. The Morgan fingerprint density at radius 3 is 2.86 bits per heavy atom. The molecule has 3 rings (SSSR count). The van der Waals surface area contributed by atoms with Crippen molar-refractivity contribution >= 4 is 40.9 Å². The largest absolute Gasteiger partial charge is 0.449 e. The number of nitriles is 1. The number of ether oxygens (including phenoxy) is 1. The van der Waals surface area contributed by atoms with Crippen LogP contribution in [0.4, 0.5) is 11.4 Å². The molecule has 2 aromatic rings. The lowest BCUT2D eigenvalue weighted by molar-refractivity contribution is -0.123. The molecule has 2 aromatic carbocycles. The fourth-order valence-electron chi connectivity index (χ4n) is 2.55. The molecule has 0 saturated carbocycles. The van der Waals surface area contributed by atoms with Crippen molar-refractivity contribution < 1.29 is 19.1 Å². The van der Waals surface area contributed by atoms with E-state index in [0.717, 1.165) is 4.90 Å². The normalized spacial score (nSPS) is 13.9. The van der Waals surface area contributed by atoms with E-state index in [1.807, 2.05) is 6.07 Å². The van der Waals surface area contributed by atoms with E-state index in [1.165, 1.54) is 18.7 Å². The Labute approximate surface area is 166 Å². The summed E-state index contributed by atoms with van der Waals surface area (Å²) in [7, 11) is 0. The fourth-order valence-corrected chi connectivity index (χ4v) is 3.49. The Morgan fingerprint density at radius 2 is 2.07 bits per heavy atom. The Hall–Kier alpha value is -3.31. The molecule has 1 aliphatic rings. The first-order valence-corrected chi connectivity index (χ1v) is 9.54. The molecule has 0 unspecified atom stereocenters. The molecule has 1 aliphatic heterocycles. The van der Waals surface area contributed by atoms with E-state index in [-0.39, 0.29) is 11.5 Å². The van der Waals surface area contributed by atoms with Gasteiger partial charge >= 0.3 is 5.97 Å². The quantitative estimate of drug-likeness (QED) is 0.770. The summed E-state index contributed by atoms with van der Waals surface area (Å²) >= 11 is 1.53. The molecule has 0 spiro atoms. The zero-order valence-electron chi connectivity index (χ0n) is 15.0. The van der Waals surface area contributed by atoms with Crippen molar-refractivity contribution in [3.63, 3.8) is 0 Å². The third-order valence-corrected chi connectivity index (χ3v) is 5.11. The number of nitrogens with one attached hydrogen (secondary N) is 2. The first kappa shape index (κ1) is 19.5. The van der Waals surface area contributed by atoms with Crippen LogP contribution in [0.3, 0.4) is 0 Å². The van der Waals surface area contributed by atoms with Crippen LogP contribution >= 0.6 is 11.8 Å². The summed E-state index contributed by atoms with van der Waals surface area (Å²) in [5, 5.41) is 14.4. The number of rotatable bonds is 4. The smallest absolute Gasteiger partial charge is 0.338 e. The molecule has 8 heteroatoms. The highest BCUT2D eigenvalue weighted by Gasteiger charge is 2.21. The maximum Gasteiger partial charge on any atom is 0.338 e. The van der Waals surface area contributed by atoms with Crippen molar-refractivity contribution in [2.45, 2.75) is 24.3 Å². The lowest BCUT2D eigenvalue weighted by Crippen LogP contribution is -2.30. The maximum absolute atomic E-state index is 12.4. The first-order valence-electron chi connectivity index (χ1n) is 8.55. The molecule has 2 amide bonds. The van der Waals surface area contributed by atoms with E-state index in [0.29, 0.717) is 29.1 Å². The Bertz CT molecular complexity index is 984. The molecule has 7 nitrogen and oxygen atoms in total. The van der Waals surface area contributed by atoms with Gasteiger partial charge in [0.25, 0.3) is 5.91 Å². The van der Waals surface area contributed by atoms with Crippen LogP contribution in [0.25, 0.3) is 0 Å². The molecule has 0 radical (unpaired) electrons. The molecule has 142 valence electrons. The van der Waals surface area contributed by atoms with E-state index in [4.69, 9.17) is 10.00 Å².